The summed E-state index contributed by atoms with van der Waals surface area (Å²) in [6.45, 7) is 13.2. The summed E-state index contributed by atoms with van der Waals surface area (Å²) in [7, 11) is 0. The molecular weight excluding hydrogens is 136 g/mol. The summed E-state index contributed by atoms with van der Waals surface area (Å²) < 4.78 is 0. The van der Waals surface area contributed by atoms with Gasteiger partial charge in [0.15, 0.2) is 0 Å². The van der Waals surface area contributed by atoms with Crippen LogP contribution in [-0.4, -0.2) is 5.54 Å². The predicted molar refractivity (Wildman–Crippen MR) is 50.0 cm³/mol. The Balaban J connectivity index is 4.53. The van der Waals surface area contributed by atoms with Crippen LogP contribution in [0.15, 0.2) is 0 Å². The van der Waals surface area contributed by atoms with E-state index in [2.05, 4.69) is 47.0 Å². The monoisotopic (exact) mass is 158 g/mol. The van der Waals surface area contributed by atoms with Crippen LogP contribution in [0, 0.1) is 11.3 Å². The normalized spacial score (nSPS) is 14.2. The number of rotatable bonds is 3. The molecule has 0 aliphatic heterocycles. The first-order valence-corrected chi connectivity index (χ1v) is 4.23. The molecule has 0 unspecified atom stereocenters. The fourth-order valence-corrected chi connectivity index (χ4v) is 0.908. The van der Waals surface area contributed by atoms with Gasteiger partial charge in [-0.1, -0.05) is 27.7 Å². The molecule has 2 heteroatoms. The van der Waals surface area contributed by atoms with Crippen molar-refractivity contribution in [2.45, 2.75) is 47.1 Å². The maximum atomic E-state index is 5.48. The molecule has 0 atom stereocenters. The second-order valence-corrected chi connectivity index (χ2v) is 4.65. The highest BCUT2D eigenvalue weighted by Gasteiger charge is 2.38. The lowest BCUT2D eigenvalue weighted by Crippen LogP contribution is -2.56. The molecule has 0 spiro atoms. The fourth-order valence-electron chi connectivity index (χ4n) is 0.908. The van der Waals surface area contributed by atoms with E-state index in [4.69, 9.17) is 5.84 Å². The SMILES string of the molecule is CC(C)C(C)(C)C(C)(C)NN. The summed E-state index contributed by atoms with van der Waals surface area (Å²) in [4.78, 5) is 0. The van der Waals surface area contributed by atoms with E-state index in [0.717, 1.165) is 0 Å². The van der Waals surface area contributed by atoms with Crippen LogP contribution >= 0.6 is 0 Å². The van der Waals surface area contributed by atoms with Crippen molar-refractivity contribution in [2.24, 2.45) is 17.2 Å². The molecule has 0 amide bonds. The molecule has 0 saturated heterocycles. The Hall–Kier alpha value is -0.0800. The zero-order chi connectivity index (χ0) is 9.28. The summed E-state index contributed by atoms with van der Waals surface area (Å²) >= 11 is 0. The maximum Gasteiger partial charge on any atom is 0.0318 e. The predicted octanol–water partition coefficient (Wildman–Crippen LogP) is 1.91. The van der Waals surface area contributed by atoms with Crippen LogP contribution in [0.3, 0.4) is 0 Å². The molecule has 0 heterocycles. The van der Waals surface area contributed by atoms with Crippen LogP contribution in [0.25, 0.3) is 0 Å². The maximum absolute atomic E-state index is 5.48. The molecule has 0 rings (SSSR count). The first-order chi connectivity index (χ1) is 4.75. The van der Waals surface area contributed by atoms with Gasteiger partial charge in [-0.25, -0.2) is 0 Å². The summed E-state index contributed by atoms with van der Waals surface area (Å²) in [5, 5.41) is 0. The van der Waals surface area contributed by atoms with Gasteiger partial charge in [-0.3, -0.25) is 11.3 Å². The molecule has 0 aromatic heterocycles. The van der Waals surface area contributed by atoms with Crippen LogP contribution in [0.5, 0.6) is 0 Å². The molecule has 11 heavy (non-hydrogen) atoms. The molecule has 68 valence electrons. The van der Waals surface area contributed by atoms with E-state index in [1.165, 1.54) is 0 Å². The minimum Gasteiger partial charge on any atom is -0.271 e. The molecule has 0 aromatic rings. The molecule has 0 fully saturated rings. The summed E-state index contributed by atoms with van der Waals surface area (Å²) in [6.07, 6.45) is 0. The van der Waals surface area contributed by atoms with Crippen LogP contribution in [0.4, 0.5) is 0 Å². The lowest BCUT2D eigenvalue weighted by Gasteiger charge is -2.44. The second kappa shape index (κ2) is 3.11. The van der Waals surface area contributed by atoms with Crippen LogP contribution < -0.4 is 11.3 Å². The summed E-state index contributed by atoms with van der Waals surface area (Å²) in [5.41, 5.74) is 3.06. The Labute approximate surface area is 70.5 Å². The van der Waals surface area contributed by atoms with Gasteiger partial charge in [-0.15, -0.1) is 0 Å². The molecule has 0 aromatic carbocycles. The molecule has 3 N–H and O–H groups in total. The highest BCUT2D eigenvalue weighted by atomic mass is 15.3. The zero-order valence-corrected chi connectivity index (χ0v) is 8.65. The van der Waals surface area contributed by atoms with Gasteiger partial charge < -0.3 is 0 Å². The van der Waals surface area contributed by atoms with Crippen molar-refractivity contribution in [3.63, 3.8) is 0 Å². The topological polar surface area (TPSA) is 38.0 Å². The quantitative estimate of drug-likeness (QED) is 0.486. The first-order valence-electron chi connectivity index (χ1n) is 4.23. The third-order valence-electron chi connectivity index (χ3n) is 3.42. The third-order valence-corrected chi connectivity index (χ3v) is 3.42. The van der Waals surface area contributed by atoms with Gasteiger partial charge in [0, 0.05) is 5.54 Å². The largest absolute Gasteiger partial charge is 0.271 e. The van der Waals surface area contributed by atoms with Gasteiger partial charge in [0.1, 0.15) is 0 Å². The highest BCUT2D eigenvalue weighted by Crippen LogP contribution is 2.36. The highest BCUT2D eigenvalue weighted by molar-refractivity contribution is 4.93. The smallest absolute Gasteiger partial charge is 0.0318 e. The van der Waals surface area contributed by atoms with E-state index < -0.39 is 0 Å². The Kier molecular flexibility index (Phi) is 3.09. The van der Waals surface area contributed by atoms with E-state index in [9.17, 15) is 0 Å². The lowest BCUT2D eigenvalue weighted by atomic mass is 9.67. The molecule has 0 bridgehead atoms. The van der Waals surface area contributed by atoms with Crippen molar-refractivity contribution in [1.82, 2.24) is 5.43 Å². The average molecular weight is 158 g/mol. The van der Waals surface area contributed by atoms with Crippen molar-refractivity contribution in [2.75, 3.05) is 0 Å². The number of hydrogen-bond acceptors (Lipinski definition) is 2. The van der Waals surface area contributed by atoms with E-state index in [1.807, 2.05) is 0 Å². The minimum absolute atomic E-state index is 0.0127. The van der Waals surface area contributed by atoms with Gasteiger partial charge in [-0.05, 0) is 25.2 Å². The van der Waals surface area contributed by atoms with E-state index in [0.29, 0.717) is 5.92 Å². The molecule has 0 radical (unpaired) electrons. The first kappa shape index (κ1) is 10.9. The van der Waals surface area contributed by atoms with Crippen molar-refractivity contribution in [1.29, 1.82) is 0 Å². The van der Waals surface area contributed by atoms with Crippen LogP contribution in [0.2, 0.25) is 0 Å². The summed E-state index contributed by atoms with van der Waals surface area (Å²) in [5.74, 6) is 6.10. The van der Waals surface area contributed by atoms with Crippen LogP contribution in [-0.2, 0) is 0 Å². The Morgan fingerprint density at radius 3 is 1.55 bits per heavy atom. The Bertz CT molecular complexity index is 126. The fraction of sp³-hybridized carbons (Fsp3) is 1.00. The number of nitrogens with one attached hydrogen (secondary N) is 1. The van der Waals surface area contributed by atoms with Crippen molar-refractivity contribution in [3.05, 3.63) is 0 Å². The van der Waals surface area contributed by atoms with E-state index in [-0.39, 0.29) is 11.0 Å². The second-order valence-electron chi connectivity index (χ2n) is 4.65. The lowest BCUT2D eigenvalue weighted by molar-refractivity contribution is 0.0969. The average Bonchev–Trinajstić information content (AvgIpc) is 1.87. The van der Waals surface area contributed by atoms with E-state index >= 15 is 0 Å². The Morgan fingerprint density at radius 2 is 1.45 bits per heavy atom. The minimum atomic E-state index is -0.0127. The molecule has 0 aliphatic rings. The van der Waals surface area contributed by atoms with Gasteiger partial charge >= 0.3 is 0 Å². The van der Waals surface area contributed by atoms with Gasteiger partial charge in [0.25, 0.3) is 0 Å². The molecule has 0 saturated carbocycles. The number of nitrogens with two attached hydrogens (primary N) is 1. The number of hydrazine groups is 1. The number of hydrogen-bond donors (Lipinski definition) is 2. The van der Waals surface area contributed by atoms with E-state index in [1.54, 1.807) is 0 Å². The van der Waals surface area contributed by atoms with Gasteiger partial charge in [-0.2, -0.15) is 0 Å². The zero-order valence-electron chi connectivity index (χ0n) is 8.65. The third kappa shape index (κ3) is 1.94. The van der Waals surface area contributed by atoms with Crippen molar-refractivity contribution >= 4 is 0 Å². The van der Waals surface area contributed by atoms with Gasteiger partial charge in [0.2, 0.25) is 0 Å². The summed E-state index contributed by atoms with van der Waals surface area (Å²) in [6, 6.07) is 0. The molecule has 0 aliphatic carbocycles. The molecule has 2 nitrogen and oxygen atoms in total. The molecular formula is C9H22N2. The van der Waals surface area contributed by atoms with Crippen molar-refractivity contribution < 1.29 is 0 Å². The Morgan fingerprint density at radius 1 is 1.09 bits per heavy atom. The van der Waals surface area contributed by atoms with Crippen molar-refractivity contribution in [3.8, 4) is 0 Å². The van der Waals surface area contributed by atoms with Crippen LogP contribution in [0.1, 0.15) is 41.5 Å². The standard InChI is InChI=1S/C9H22N2/c1-7(2)8(3,4)9(5,6)11-10/h7,11H,10H2,1-6H3. The van der Waals surface area contributed by atoms with Gasteiger partial charge in [0.05, 0.1) is 0 Å².